The number of halogens is 1. The summed E-state index contributed by atoms with van der Waals surface area (Å²) in [5.41, 5.74) is 1.04. The van der Waals surface area contributed by atoms with E-state index in [1.54, 1.807) is 36.4 Å². The molecule has 2 N–H and O–H groups in total. The minimum absolute atomic E-state index is 0.113. The highest BCUT2D eigenvalue weighted by molar-refractivity contribution is 6.33. The number of aromatic nitrogens is 1. The van der Waals surface area contributed by atoms with Crippen LogP contribution in [0.5, 0.6) is 0 Å². The molecule has 0 atom stereocenters. The summed E-state index contributed by atoms with van der Waals surface area (Å²) in [4.78, 5) is 27.7. The molecule has 0 aliphatic rings. The number of nitrogens with one attached hydrogen (secondary N) is 2. The van der Waals surface area contributed by atoms with Crippen LogP contribution >= 0.6 is 11.6 Å². The largest absolute Gasteiger partial charge is 0.355 e. The van der Waals surface area contributed by atoms with Crippen LogP contribution in [0, 0.1) is 0 Å². The second-order valence-electron chi connectivity index (χ2n) is 3.92. The molecule has 0 aliphatic heterocycles. The second kappa shape index (κ2) is 6.16. The summed E-state index contributed by atoms with van der Waals surface area (Å²) in [6.45, 7) is 0. The van der Waals surface area contributed by atoms with Crippen LogP contribution in [0.1, 0.15) is 20.7 Å². The van der Waals surface area contributed by atoms with Crippen molar-refractivity contribution in [3.05, 3.63) is 58.9 Å². The normalized spacial score (nSPS) is 9.90. The Hall–Kier alpha value is -2.40. The lowest BCUT2D eigenvalue weighted by Crippen LogP contribution is -2.21. The number of anilines is 1. The molecule has 0 fully saturated rings. The van der Waals surface area contributed by atoms with Crippen molar-refractivity contribution in [1.82, 2.24) is 10.3 Å². The first-order valence-electron chi connectivity index (χ1n) is 5.86. The van der Waals surface area contributed by atoms with Gasteiger partial charge in [0.2, 0.25) is 0 Å². The lowest BCUT2D eigenvalue weighted by atomic mass is 10.1. The fraction of sp³-hybridized carbons (Fsp3) is 0.0714. The molecule has 20 heavy (non-hydrogen) atoms. The molecule has 1 aromatic heterocycles. The van der Waals surface area contributed by atoms with Gasteiger partial charge in [-0.25, -0.2) is 4.98 Å². The van der Waals surface area contributed by atoms with Crippen molar-refractivity contribution in [2.45, 2.75) is 0 Å². The summed E-state index contributed by atoms with van der Waals surface area (Å²) in [5.74, 6) is -0.697. The highest BCUT2D eigenvalue weighted by Crippen LogP contribution is 2.18. The van der Waals surface area contributed by atoms with Crippen molar-refractivity contribution in [3.8, 4) is 0 Å². The average molecular weight is 290 g/mol. The van der Waals surface area contributed by atoms with Crippen molar-refractivity contribution in [3.63, 3.8) is 0 Å². The van der Waals surface area contributed by atoms with E-state index >= 15 is 0 Å². The molecule has 2 rings (SSSR count). The van der Waals surface area contributed by atoms with Gasteiger partial charge in [0, 0.05) is 13.2 Å². The van der Waals surface area contributed by atoms with Crippen molar-refractivity contribution in [2.75, 3.05) is 12.4 Å². The fourth-order valence-electron chi connectivity index (χ4n) is 1.67. The minimum atomic E-state index is -0.417. The van der Waals surface area contributed by atoms with Crippen LogP contribution in [0.4, 0.5) is 5.69 Å². The lowest BCUT2D eigenvalue weighted by Gasteiger charge is -2.10. The first-order valence-corrected chi connectivity index (χ1v) is 6.24. The van der Waals surface area contributed by atoms with E-state index in [1.807, 2.05) is 0 Å². The Morgan fingerprint density at radius 3 is 2.45 bits per heavy atom. The maximum Gasteiger partial charge on any atom is 0.258 e. The van der Waals surface area contributed by atoms with Gasteiger partial charge in [-0.15, -0.1) is 0 Å². The Kier molecular flexibility index (Phi) is 4.32. The molecule has 0 unspecified atom stereocenters. The van der Waals surface area contributed by atoms with Crippen LogP contribution in [-0.2, 0) is 0 Å². The zero-order valence-corrected chi connectivity index (χ0v) is 11.4. The second-order valence-corrected chi connectivity index (χ2v) is 4.28. The zero-order chi connectivity index (χ0) is 14.5. The maximum atomic E-state index is 12.1. The van der Waals surface area contributed by atoms with Crippen molar-refractivity contribution >= 4 is 29.1 Å². The highest BCUT2D eigenvalue weighted by Gasteiger charge is 2.15. The third kappa shape index (κ3) is 2.95. The first kappa shape index (κ1) is 14.0. The lowest BCUT2D eigenvalue weighted by molar-refractivity contribution is 0.0964. The van der Waals surface area contributed by atoms with E-state index in [-0.39, 0.29) is 16.6 Å². The summed E-state index contributed by atoms with van der Waals surface area (Å²) in [7, 11) is 1.53. The van der Waals surface area contributed by atoms with Crippen LogP contribution in [0.3, 0.4) is 0 Å². The van der Waals surface area contributed by atoms with Crippen LogP contribution < -0.4 is 10.6 Å². The number of para-hydroxylation sites is 1. The van der Waals surface area contributed by atoms with E-state index in [0.29, 0.717) is 11.3 Å². The van der Waals surface area contributed by atoms with Gasteiger partial charge in [0.25, 0.3) is 11.8 Å². The van der Waals surface area contributed by atoms with Gasteiger partial charge in [0.1, 0.15) is 5.15 Å². The summed E-state index contributed by atoms with van der Waals surface area (Å²) < 4.78 is 0. The number of hydrogen-bond donors (Lipinski definition) is 2. The SMILES string of the molecule is CNC(=O)c1ccccc1NC(=O)c1cccnc1Cl. The number of hydrogen-bond acceptors (Lipinski definition) is 3. The van der Waals surface area contributed by atoms with Crippen molar-refractivity contribution < 1.29 is 9.59 Å². The van der Waals surface area contributed by atoms with E-state index in [0.717, 1.165) is 0 Å². The quantitative estimate of drug-likeness (QED) is 0.852. The van der Waals surface area contributed by atoms with Gasteiger partial charge in [-0.2, -0.15) is 0 Å². The summed E-state index contributed by atoms with van der Waals surface area (Å²) >= 11 is 5.86. The van der Waals surface area contributed by atoms with Gasteiger partial charge in [-0.05, 0) is 24.3 Å². The third-order valence-corrected chi connectivity index (χ3v) is 2.95. The molecule has 0 aliphatic carbocycles. The molecule has 5 nitrogen and oxygen atoms in total. The van der Waals surface area contributed by atoms with Gasteiger partial charge in [0.05, 0.1) is 16.8 Å². The molecule has 0 saturated heterocycles. The molecule has 1 heterocycles. The smallest absolute Gasteiger partial charge is 0.258 e. The maximum absolute atomic E-state index is 12.1. The summed E-state index contributed by atoms with van der Waals surface area (Å²) in [6.07, 6.45) is 1.50. The molecule has 0 bridgehead atoms. The van der Waals surface area contributed by atoms with Crippen LogP contribution in [0.25, 0.3) is 0 Å². The number of carbonyl (C=O) groups is 2. The Morgan fingerprint density at radius 1 is 1.05 bits per heavy atom. The Morgan fingerprint density at radius 2 is 1.75 bits per heavy atom. The summed E-state index contributed by atoms with van der Waals surface area (Å²) in [6, 6.07) is 9.90. The zero-order valence-electron chi connectivity index (χ0n) is 10.7. The van der Waals surface area contributed by atoms with Crippen molar-refractivity contribution in [2.24, 2.45) is 0 Å². The standard InChI is InChI=1S/C14H12ClN3O2/c1-16-13(19)9-5-2-3-7-11(9)18-14(20)10-6-4-8-17-12(10)15/h2-8H,1H3,(H,16,19)(H,18,20). The Labute approximate surface area is 121 Å². The molecule has 0 saturated carbocycles. The van der Waals surface area contributed by atoms with E-state index < -0.39 is 5.91 Å². The molecule has 2 amide bonds. The van der Waals surface area contributed by atoms with E-state index in [2.05, 4.69) is 15.6 Å². The van der Waals surface area contributed by atoms with Gasteiger partial charge in [-0.1, -0.05) is 23.7 Å². The number of amides is 2. The summed E-state index contributed by atoms with van der Waals surface area (Å²) in [5, 5.41) is 5.29. The van der Waals surface area contributed by atoms with Crippen LogP contribution in [-0.4, -0.2) is 23.8 Å². The molecule has 102 valence electrons. The molecule has 0 radical (unpaired) electrons. The van der Waals surface area contributed by atoms with Gasteiger partial charge >= 0.3 is 0 Å². The highest BCUT2D eigenvalue weighted by atomic mass is 35.5. The van der Waals surface area contributed by atoms with E-state index in [1.165, 1.54) is 13.2 Å². The van der Waals surface area contributed by atoms with Crippen LogP contribution in [0.2, 0.25) is 5.15 Å². The number of nitrogens with zero attached hydrogens (tertiary/aromatic N) is 1. The molecule has 1 aromatic carbocycles. The predicted octanol–water partition coefficient (Wildman–Crippen LogP) is 2.35. The molecule has 0 spiro atoms. The molecule has 6 heteroatoms. The van der Waals surface area contributed by atoms with Crippen LogP contribution in [0.15, 0.2) is 42.6 Å². The number of pyridine rings is 1. The Bertz CT molecular complexity index is 658. The molecular formula is C14H12ClN3O2. The Balaban J connectivity index is 2.29. The van der Waals surface area contributed by atoms with E-state index in [4.69, 9.17) is 11.6 Å². The number of rotatable bonds is 3. The average Bonchev–Trinajstić information content (AvgIpc) is 2.47. The van der Waals surface area contributed by atoms with Gasteiger partial charge in [-0.3, -0.25) is 9.59 Å². The predicted molar refractivity (Wildman–Crippen MR) is 77.0 cm³/mol. The minimum Gasteiger partial charge on any atom is -0.355 e. The topological polar surface area (TPSA) is 71.1 Å². The van der Waals surface area contributed by atoms with Gasteiger partial charge in [0.15, 0.2) is 0 Å². The number of carbonyl (C=O) groups excluding carboxylic acids is 2. The first-order chi connectivity index (χ1) is 9.63. The molecule has 2 aromatic rings. The van der Waals surface area contributed by atoms with Gasteiger partial charge < -0.3 is 10.6 Å². The monoisotopic (exact) mass is 289 g/mol. The fourth-order valence-corrected chi connectivity index (χ4v) is 1.88. The van der Waals surface area contributed by atoms with E-state index in [9.17, 15) is 9.59 Å². The third-order valence-electron chi connectivity index (χ3n) is 2.65. The van der Waals surface area contributed by atoms with Crippen molar-refractivity contribution in [1.29, 1.82) is 0 Å². The molecular weight excluding hydrogens is 278 g/mol. The number of benzene rings is 1.